The third-order valence-corrected chi connectivity index (χ3v) is 8.04. The molecule has 38 heavy (non-hydrogen) atoms. The van der Waals surface area contributed by atoms with E-state index in [0.717, 1.165) is 56.3 Å². The van der Waals surface area contributed by atoms with Crippen molar-refractivity contribution >= 4 is 39.1 Å². The smallest absolute Gasteiger partial charge is 0.249 e. The standard InChI is InChI=1S/C29H33N5O3S/c1-18-23(13-14-35)28(21-9-10-21)32-34(18)17-27(36)31-25(15-20-7-5-4-6-8-20)29(37)33(3)22-11-12-26-24(16-22)30-19(2)38-26/h4-8,11-12,16,21,25,35H,9-10,13-15,17H2,1-3H3,(H,31,36)/t25-/m0/s1. The zero-order valence-electron chi connectivity index (χ0n) is 22.0. The normalized spacial score (nSPS) is 14.0. The van der Waals surface area contributed by atoms with Gasteiger partial charge < -0.3 is 15.3 Å². The number of nitrogens with zero attached hydrogens (tertiary/aromatic N) is 4. The SMILES string of the molecule is Cc1nc2cc(N(C)C(=O)[C@H](Cc3ccccc3)NC(=O)Cn3nc(C4CC4)c(CCO)c3C)ccc2s1. The number of aryl methyl sites for hydroxylation is 1. The van der Waals surface area contributed by atoms with Crippen molar-refractivity contribution in [3.63, 3.8) is 0 Å². The average Bonchev–Trinajstić information content (AvgIpc) is 3.62. The van der Waals surface area contributed by atoms with Crippen molar-refractivity contribution in [1.82, 2.24) is 20.1 Å². The second kappa shape index (κ2) is 11.0. The van der Waals surface area contributed by atoms with Gasteiger partial charge in [0.25, 0.3) is 0 Å². The maximum absolute atomic E-state index is 13.7. The molecule has 8 nitrogen and oxygen atoms in total. The average molecular weight is 532 g/mol. The number of rotatable bonds is 10. The minimum atomic E-state index is -0.751. The lowest BCUT2D eigenvalue weighted by Crippen LogP contribution is -2.49. The first-order valence-corrected chi connectivity index (χ1v) is 13.8. The van der Waals surface area contributed by atoms with Crippen molar-refractivity contribution in [2.75, 3.05) is 18.6 Å². The van der Waals surface area contributed by atoms with Crippen molar-refractivity contribution < 1.29 is 14.7 Å². The lowest BCUT2D eigenvalue weighted by molar-refractivity contribution is -0.127. The van der Waals surface area contributed by atoms with Gasteiger partial charge in [-0.05, 0) is 62.4 Å². The van der Waals surface area contributed by atoms with E-state index in [4.69, 9.17) is 5.10 Å². The van der Waals surface area contributed by atoms with Crippen LogP contribution in [-0.2, 0) is 29.0 Å². The van der Waals surface area contributed by atoms with Crippen molar-refractivity contribution in [3.05, 3.63) is 76.1 Å². The number of amides is 2. The number of likely N-dealkylation sites (N-methyl/N-ethyl adjacent to an activating group) is 1. The monoisotopic (exact) mass is 531 g/mol. The molecular weight excluding hydrogens is 498 g/mol. The van der Waals surface area contributed by atoms with Crippen LogP contribution in [0.1, 0.15) is 46.3 Å². The summed E-state index contributed by atoms with van der Waals surface area (Å²) in [5.74, 6) is -0.0634. The van der Waals surface area contributed by atoms with Gasteiger partial charge in [-0.3, -0.25) is 14.3 Å². The van der Waals surface area contributed by atoms with Gasteiger partial charge in [0.2, 0.25) is 11.8 Å². The fourth-order valence-corrected chi connectivity index (χ4v) is 5.70. The predicted octanol–water partition coefficient (Wildman–Crippen LogP) is 3.91. The van der Waals surface area contributed by atoms with E-state index in [1.54, 1.807) is 28.0 Å². The van der Waals surface area contributed by atoms with Gasteiger partial charge in [0.15, 0.2) is 0 Å². The number of aliphatic hydroxyl groups excluding tert-OH is 1. The fourth-order valence-electron chi connectivity index (χ4n) is 4.89. The summed E-state index contributed by atoms with van der Waals surface area (Å²) in [5, 5.41) is 18.2. The molecule has 0 radical (unpaired) electrons. The van der Waals surface area contributed by atoms with Gasteiger partial charge in [0.1, 0.15) is 12.6 Å². The largest absolute Gasteiger partial charge is 0.396 e. The first-order valence-electron chi connectivity index (χ1n) is 13.0. The van der Waals surface area contributed by atoms with Gasteiger partial charge in [-0.15, -0.1) is 11.3 Å². The highest BCUT2D eigenvalue weighted by Crippen LogP contribution is 2.41. The molecule has 0 unspecified atom stereocenters. The number of carbonyl (C=O) groups excluding carboxylic acids is 2. The number of carbonyl (C=O) groups is 2. The Morgan fingerprint density at radius 1 is 1.18 bits per heavy atom. The molecule has 1 aliphatic rings. The maximum Gasteiger partial charge on any atom is 0.249 e. The third kappa shape index (κ3) is 5.63. The molecule has 0 spiro atoms. The van der Waals surface area contributed by atoms with E-state index < -0.39 is 6.04 Å². The zero-order chi connectivity index (χ0) is 26.8. The predicted molar refractivity (Wildman–Crippen MR) is 150 cm³/mol. The number of hydrogen-bond donors (Lipinski definition) is 2. The first kappa shape index (κ1) is 26.1. The van der Waals surface area contributed by atoms with Gasteiger partial charge in [-0.25, -0.2) is 4.98 Å². The van der Waals surface area contributed by atoms with Crippen LogP contribution >= 0.6 is 11.3 Å². The molecule has 9 heteroatoms. The number of anilines is 1. The highest BCUT2D eigenvalue weighted by molar-refractivity contribution is 7.18. The molecule has 0 bridgehead atoms. The molecule has 2 amide bonds. The second-order valence-corrected chi connectivity index (χ2v) is 11.2. The molecule has 2 aromatic heterocycles. The molecule has 4 aromatic rings. The Balaban J connectivity index is 1.36. The van der Waals surface area contributed by atoms with E-state index in [2.05, 4.69) is 10.3 Å². The van der Waals surface area contributed by atoms with Gasteiger partial charge in [-0.1, -0.05) is 30.3 Å². The quantitative estimate of drug-likeness (QED) is 0.323. The third-order valence-electron chi connectivity index (χ3n) is 7.09. The number of hydrogen-bond acceptors (Lipinski definition) is 6. The van der Waals surface area contributed by atoms with E-state index in [-0.39, 0.29) is 25.0 Å². The minimum absolute atomic E-state index is 0.0172. The van der Waals surface area contributed by atoms with Crippen molar-refractivity contribution in [1.29, 1.82) is 0 Å². The number of thiazole rings is 1. The highest BCUT2D eigenvalue weighted by atomic mass is 32.1. The van der Waals surface area contributed by atoms with E-state index >= 15 is 0 Å². The molecule has 5 rings (SSSR count). The molecule has 0 aliphatic heterocycles. The summed E-state index contributed by atoms with van der Waals surface area (Å²) < 4.78 is 2.78. The summed E-state index contributed by atoms with van der Waals surface area (Å²) in [6.07, 6.45) is 3.08. The van der Waals surface area contributed by atoms with Crippen LogP contribution in [0.25, 0.3) is 10.2 Å². The Kier molecular flexibility index (Phi) is 7.58. The van der Waals surface area contributed by atoms with Crippen molar-refractivity contribution in [2.45, 2.75) is 58.0 Å². The highest BCUT2D eigenvalue weighted by Gasteiger charge is 2.31. The van der Waals surface area contributed by atoms with Crippen LogP contribution in [0.3, 0.4) is 0 Å². The molecule has 1 atom stereocenters. The fraction of sp³-hybridized carbons (Fsp3) is 0.379. The number of fused-ring (bicyclic) bond motifs is 1. The zero-order valence-corrected chi connectivity index (χ0v) is 22.8. The van der Waals surface area contributed by atoms with Crippen LogP contribution in [0.15, 0.2) is 48.5 Å². The van der Waals surface area contributed by atoms with Crippen LogP contribution in [-0.4, -0.2) is 51.4 Å². The van der Waals surface area contributed by atoms with Crippen molar-refractivity contribution in [3.8, 4) is 0 Å². The Bertz CT molecular complexity index is 1460. The lowest BCUT2D eigenvalue weighted by atomic mass is 10.0. The molecule has 2 heterocycles. The van der Waals surface area contributed by atoms with Crippen LogP contribution in [0.4, 0.5) is 5.69 Å². The van der Waals surface area contributed by atoms with E-state index in [9.17, 15) is 14.7 Å². The molecule has 1 fully saturated rings. The van der Waals surface area contributed by atoms with Gasteiger partial charge in [-0.2, -0.15) is 5.10 Å². The Morgan fingerprint density at radius 3 is 2.66 bits per heavy atom. The Hall–Kier alpha value is -3.56. The van der Waals surface area contributed by atoms with E-state index in [1.165, 1.54) is 0 Å². The van der Waals surface area contributed by atoms with E-state index in [1.807, 2.05) is 62.4 Å². The molecule has 0 saturated heterocycles. The minimum Gasteiger partial charge on any atom is -0.396 e. The Morgan fingerprint density at radius 2 is 1.95 bits per heavy atom. The van der Waals surface area contributed by atoms with Gasteiger partial charge in [0, 0.05) is 37.4 Å². The number of nitrogens with one attached hydrogen (secondary N) is 1. The molecule has 198 valence electrons. The lowest BCUT2D eigenvalue weighted by Gasteiger charge is -2.25. The van der Waals surface area contributed by atoms with Crippen LogP contribution in [0, 0.1) is 13.8 Å². The summed E-state index contributed by atoms with van der Waals surface area (Å²) >= 11 is 1.62. The summed E-state index contributed by atoms with van der Waals surface area (Å²) in [7, 11) is 1.73. The molecule has 2 N–H and O–H groups in total. The number of benzene rings is 2. The molecule has 1 aliphatic carbocycles. The summed E-state index contributed by atoms with van der Waals surface area (Å²) in [4.78, 5) is 33.1. The maximum atomic E-state index is 13.7. The summed E-state index contributed by atoms with van der Waals surface area (Å²) in [6.45, 7) is 3.97. The number of aliphatic hydroxyl groups is 1. The summed E-state index contributed by atoms with van der Waals surface area (Å²) in [6, 6.07) is 14.7. The van der Waals surface area contributed by atoms with Crippen molar-refractivity contribution in [2.24, 2.45) is 0 Å². The molecular formula is C29H33N5O3S. The van der Waals surface area contributed by atoms with Gasteiger partial charge in [0.05, 0.1) is 20.9 Å². The summed E-state index contributed by atoms with van der Waals surface area (Å²) in [5.41, 5.74) is 5.46. The Labute approximate surface area is 226 Å². The topological polar surface area (TPSA) is 100 Å². The first-order chi connectivity index (χ1) is 18.3. The second-order valence-electron chi connectivity index (χ2n) is 9.95. The number of aromatic nitrogens is 3. The van der Waals surface area contributed by atoms with E-state index in [0.29, 0.717) is 18.8 Å². The molecule has 1 saturated carbocycles. The van der Waals surface area contributed by atoms with Gasteiger partial charge >= 0.3 is 0 Å². The van der Waals surface area contributed by atoms with Crippen LogP contribution < -0.4 is 10.2 Å². The van der Waals surface area contributed by atoms with Crippen LogP contribution in [0.5, 0.6) is 0 Å². The molecule has 2 aromatic carbocycles. The van der Waals surface area contributed by atoms with Crippen LogP contribution in [0.2, 0.25) is 0 Å².